The molecule has 1 atom stereocenters. The van der Waals surface area contributed by atoms with E-state index in [1.165, 1.54) is 0 Å². The SMILES string of the molecule is CN1CCN(C(=O)CCCN2C(=O)c3ccccc3N3C(=O)c4ccccc4C23)CC1. The summed E-state index contributed by atoms with van der Waals surface area (Å²) in [5, 5.41) is 0. The molecule has 1 saturated heterocycles. The van der Waals surface area contributed by atoms with Crippen LogP contribution in [0.3, 0.4) is 0 Å². The number of piperazine rings is 1. The molecule has 2 aromatic carbocycles. The van der Waals surface area contributed by atoms with E-state index in [1.54, 1.807) is 15.9 Å². The lowest BCUT2D eigenvalue weighted by Gasteiger charge is -2.41. The number of amides is 3. The second kappa shape index (κ2) is 7.81. The van der Waals surface area contributed by atoms with Crippen LogP contribution in [-0.4, -0.2) is 72.2 Å². The summed E-state index contributed by atoms with van der Waals surface area (Å²) in [4.78, 5) is 46.8. The highest BCUT2D eigenvalue weighted by molar-refractivity contribution is 6.16. The van der Waals surface area contributed by atoms with Crippen LogP contribution in [-0.2, 0) is 4.79 Å². The molecule has 2 aromatic rings. The second-order valence-corrected chi connectivity index (χ2v) is 8.44. The lowest BCUT2D eigenvalue weighted by atomic mass is 10.0. The van der Waals surface area contributed by atoms with Crippen LogP contribution in [0, 0.1) is 0 Å². The molecule has 7 nitrogen and oxygen atoms in total. The van der Waals surface area contributed by atoms with Crippen LogP contribution in [0.2, 0.25) is 0 Å². The fourth-order valence-corrected chi connectivity index (χ4v) is 4.81. The fourth-order valence-electron chi connectivity index (χ4n) is 4.81. The molecular weight excluding hydrogens is 392 g/mol. The Kier molecular flexibility index (Phi) is 4.98. The quantitative estimate of drug-likeness (QED) is 0.765. The highest BCUT2D eigenvalue weighted by atomic mass is 16.2. The van der Waals surface area contributed by atoms with E-state index in [0.717, 1.165) is 31.7 Å². The topological polar surface area (TPSA) is 64.2 Å². The summed E-state index contributed by atoms with van der Waals surface area (Å²) in [6.45, 7) is 3.72. The summed E-state index contributed by atoms with van der Waals surface area (Å²) in [5.74, 6) is -0.0369. The zero-order valence-electron chi connectivity index (χ0n) is 17.7. The standard InChI is InChI=1S/C24H26N4O3/c1-25-13-15-26(16-14-25)21(29)11-6-12-27-22-17-7-2-3-8-18(17)24(31)28(22)20-10-5-4-9-19(20)23(27)30/h2-5,7-10,22H,6,11-16H2,1H3. The maximum atomic E-state index is 13.4. The van der Waals surface area contributed by atoms with Crippen LogP contribution in [0.25, 0.3) is 0 Å². The first-order valence-corrected chi connectivity index (χ1v) is 10.8. The van der Waals surface area contributed by atoms with Crippen molar-refractivity contribution in [2.45, 2.75) is 19.0 Å². The summed E-state index contributed by atoms with van der Waals surface area (Å²) < 4.78 is 0. The van der Waals surface area contributed by atoms with Crippen molar-refractivity contribution in [3.63, 3.8) is 0 Å². The lowest BCUT2D eigenvalue weighted by molar-refractivity contribution is -0.132. The van der Waals surface area contributed by atoms with Gasteiger partial charge < -0.3 is 14.7 Å². The number of hydrogen-bond acceptors (Lipinski definition) is 4. The third-order valence-corrected chi connectivity index (χ3v) is 6.53. The first-order chi connectivity index (χ1) is 15.1. The van der Waals surface area contributed by atoms with E-state index in [2.05, 4.69) is 11.9 Å². The van der Waals surface area contributed by atoms with Gasteiger partial charge in [0.25, 0.3) is 11.8 Å². The predicted molar refractivity (Wildman–Crippen MR) is 117 cm³/mol. The highest BCUT2D eigenvalue weighted by Crippen LogP contribution is 2.45. The molecule has 0 aliphatic carbocycles. The first-order valence-electron chi connectivity index (χ1n) is 10.8. The number of para-hydroxylation sites is 1. The molecule has 0 radical (unpaired) electrons. The van der Waals surface area contributed by atoms with E-state index < -0.39 is 6.17 Å². The molecule has 0 N–H and O–H groups in total. The molecule has 31 heavy (non-hydrogen) atoms. The van der Waals surface area contributed by atoms with Crippen LogP contribution < -0.4 is 4.90 Å². The molecular formula is C24H26N4O3. The molecule has 3 aliphatic heterocycles. The number of anilines is 1. The molecule has 5 rings (SSSR count). The number of fused-ring (bicyclic) bond motifs is 5. The van der Waals surface area contributed by atoms with Crippen LogP contribution in [0.4, 0.5) is 5.69 Å². The maximum Gasteiger partial charge on any atom is 0.260 e. The van der Waals surface area contributed by atoms with Gasteiger partial charge in [0.15, 0.2) is 0 Å². The van der Waals surface area contributed by atoms with Gasteiger partial charge in [0.1, 0.15) is 6.17 Å². The van der Waals surface area contributed by atoms with Gasteiger partial charge >= 0.3 is 0 Å². The summed E-state index contributed by atoms with van der Waals surface area (Å²) in [5.41, 5.74) is 2.67. The van der Waals surface area contributed by atoms with Crippen molar-refractivity contribution in [3.8, 4) is 0 Å². The van der Waals surface area contributed by atoms with E-state index in [0.29, 0.717) is 36.2 Å². The number of benzene rings is 2. The molecule has 0 spiro atoms. The molecule has 3 heterocycles. The molecule has 3 aliphatic rings. The Labute approximate surface area is 181 Å². The minimum atomic E-state index is -0.454. The first kappa shape index (κ1) is 19.8. The predicted octanol–water partition coefficient (Wildman–Crippen LogP) is 2.36. The highest BCUT2D eigenvalue weighted by Gasteiger charge is 2.47. The van der Waals surface area contributed by atoms with Gasteiger partial charge in [-0.15, -0.1) is 0 Å². The minimum absolute atomic E-state index is 0.0842. The van der Waals surface area contributed by atoms with Crippen molar-refractivity contribution in [1.82, 2.24) is 14.7 Å². The zero-order chi connectivity index (χ0) is 21.5. The lowest BCUT2D eigenvalue weighted by Crippen LogP contribution is -2.49. The van der Waals surface area contributed by atoms with E-state index in [4.69, 9.17) is 0 Å². The minimum Gasteiger partial charge on any atom is -0.340 e. The summed E-state index contributed by atoms with van der Waals surface area (Å²) >= 11 is 0. The van der Waals surface area contributed by atoms with Gasteiger partial charge in [-0.2, -0.15) is 0 Å². The molecule has 1 fully saturated rings. The molecule has 0 saturated carbocycles. The molecule has 1 unspecified atom stereocenters. The number of rotatable bonds is 4. The Morgan fingerprint density at radius 1 is 0.903 bits per heavy atom. The van der Waals surface area contributed by atoms with Gasteiger partial charge in [-0.1, -0.05) is 30.3 Å². The summed E-state index contributed by atoms with van der Waals surface area (Å²) in [6, 6.07) is 14.8. The van der Waals surface area contributed by atoms with Crippen LogP contribution in [0.1, 0.15) is 45.3 Å². The Morgan fingerprint density at radius 3 is 2.35 bits per heavy atom. The number of nitrogens with zero attached hydrogens (tertiary/aromatic N) is 4. The van der Waals surface area contributed by atoms with Gasteiger partial charge in [0.2, 0.25) is 5.91 Å². The van der Waals surface area contributed by atoms with Crippen LogP contribution >= 0.6 is 0 Å². The molecule has 7 heteroatoms. The monoisotopic (exact) mass is 418 g/mol. The van der Waals surface area contributed by atoms with Crippen molar-refractivity contribution in [1.29, 1.82) is 0 Å². The third-order valence-electron chi connectivity index (χ3n) is 6.53. The molecule has 0 bridgehead atoms. The van der Waals surface area contributed by atoms with Gasteiger partial charge in [0.05, 0.1) is 11.3 Å². The average Bonchev–Trinajstić information content (AvgIpc) is 3.09. The fraction of sp³-hybridized carbons (Fsp3) is 0.375. The smallest absolute Gasteiger partial charge is 0.260 e. The number of carbonyl (C=O) groups excluding carboxylic acids is 3. The third kappa shape index (κ3) is 3.29. The molecule has 160 valence electrons. The largest absolute Gasteiger partial charge is 0.340 e. The molecule has 0 aromatic heterocycles. The molecule has 3 amide bonds. The van der Waals surface area contributed by atoms with E-state index >= 15 is 0 Å². The maximum absolute atomic E-state index is 13.4. The van der Waals surface area contributed by atoms with E-state index in [9.17, 15) is 14.4 Å². The number of hydrogen-bond donors (Lipinski definition) is 0. The Morgan fingerprint density at radius 2 is 1.58 bits per heavy atom. The van der Waals surface area contributed by atoms with Gasteiger partial charge in [-0.3, -0.25) is 19.3 Å². The van der Waals surface area contributed by atoms with Crippen molar-refractivity contribution < 1.29 is 14.4 Å². The Bertz CT molecular complexity index is 1040. The van der Waals surface area contributed by atoms with Gasteiger partial charge in [-0.05, 0) is 31.7 Å². The van der Waals surface area contributed by atoms with E-state index in [1.807, 2.05) is 47.4 Å². The van der Waals surface area contributed by atoms with Gasteiger partial charge in [0, 0.05) is 50.3 Å². The van der Waals surface area contributed by atoms with Crippen molar-refractivity contribution in [2.24, 2.45) is 0 Å². The summed E-state index contributed by atoms with van der Waals surface area (Å²) in [7, 11) is 2.06. The zero-order valence-corrected chi connectivity index (χ0v) is 17.7. The van der Waals surface area contributed by atoms with Crippen molar-refractivity contribution in [2.75, 3.05) is 44.7 Å². The van der Waals surface area contributed by atoms with Crippen LogP contribution in [0.15, 0.2) is 48.5 Å². The van der Waals surface area contributed by atoms with Crippen LogP contribution in [0.5, 0.6) is 0 Å². The Hall–Kier alpha value is -3.19. The normalized spacial score (nSPS) is 20.5. The Balaban J connectivity index is 1.37. The van der Waals surface area contributed by atoms with Crippen molar-refractivity contribution >= 4 is 23.4 Å². The van der Waals surface area contributed by atoms with Crippen molar-refractivity contribution in [3.05, 3.63) is 65.2 Å². The number of likely N-dealkylation sites (N-methyl/N-ethyl adjacent to an activating group) is 1. The summed E-state index contributed by atoms with van der Waals surface area (Å²) in [6.07, 6.45) is 0.516. The average molecular weight is 418 g/mol. The van der Waals surface area contributed by atoms with E-state index in [-0.39, 0.29) is 17.7 Å². The number of carbonyl (C=O) groups is 3. The van der Waals surface area contributed by atoms with Gasteiger partial charge in [-0.25, -0.2) is 0 Å². The second-order valence-electron chi connectivity index (χ2n) is 8.44.